The van der Waals surface area contributed by atoms with E-state index in [-0.39, 0.29) is 17.6 Å². The minimum Gasteiger partial charge on any atom is -0.393 e. The van der Waals surface area contributed by atoms with E-state index < -0.39 is 0 Å². The minimum atomic E-state index is -0.227. The summed E-state index contributed by atoms with van der Waals surface area (Å²) in [6, 6.07) is 0. The van der Waals surface area contributed by atoms with E-state index in [0.717, 1.165) is 32.1 Å². The average molecular weight is 413 g/mol. The summed E-state index contributed by atoms with van der Waals surface area (Å²) in [6.45, 7) is 15.8. The molecule has 0 amide bonds. The van der Waals surface area contributed by atoms with Crippen LogP contribution in [0.25, 0.3) is 0 Å². The van der Waals surface area contributed by atoms with Gasteiger partial charge < -0.3 is 10.2 Å². The van der Waals surface area contributed by atoms with Crippen molar-refractivity contribution < 1.29 is 10.2 Å². The Morgan fingerprint density at radius 1 is 1.07 bits per heavy atom. The van der Waals surface area contributed by atoms with E-state index in [4.69, 9.17) is 0 Å². The number of aliphatic hydroxyl groups excluding tert-OH is 2. The van der Waals surface area contributed by atoms with E-state index in [0.29, 0.717) is 29.6 Å². The average Bonchev–Trinajstić information content (AvgIpc) is 2.96. The lowest BCUT2D eigenvalue weighted by Crippen LogP contribution is -2.38. The Bertz CT molecular complexity index is 712. The molecule has 0 heterocycles. The van der Waals surface area contributed by atoms with Gasteiger partial charge in [0.25, 0.3) is 0 Å². The van der Waals surface area contributed by atoms with Crippen LogP contribution in [0.4, 0.5) is 0 Å². The van der Waals surface area contributed by atoms with Gasteiger partial charge in [-0.1, -0.05) is 76.6 Å². The van der Waals surface area contributed by atoms with E-state index in [2.05, 4.69) is 65.5 Å². The first-order valence-electron chi connectivity index (χ1n) is 12.3. The van der Waals surface area contributed by atoms with E-state index in [1.54, 1.807) is 0 Å². The molecule has 0 aromatic heterocycles. The summed E-state index contributed by atoms with van der Waals surface area (Å²) in [6.07, 6.45) is 15.7. The van der Waals surface area contributed by atoms with Gasteiger partial charge >= 0.3 is 0 Å². The normalized spacial score (nSPS) is 39.8. The fraction of sp³-hybridized carbons (Fsp3) is 0.714. The first-order chi connectivity index (χ1) is 14.1. The van der Waals surface area contributed by atoms with Crippen molar-refractivity contribution in [3.05, 3.63) is 47.6 Å². The number of allylic oxidation sites excluding steroid dienone is 6. The van der Waals surface area contributed by atoms with E-state index in [1.165, 1.54) is 29.6 Å². The van der Waals surface area contributed by atoms with Crippen LogP contribution in [0.2, 0.25) is 0 Å². The van der Waals surface area contributed by atoms with Crippen LogP contribution in [0.1, 0.15) is 79.6 Å². The van der Waals surface area contributed by atoms with Gasteiger partial charge in [-0.3, -0.25) is 0 Å². The summed E-state index contributed by atoms with van der Waals surface area (Å²) in [5.74, 6) is 2.39. The molecular weight excluding hydrogens is 368 g/mol. The Morgan fingerprint density at radius 2 is 1.80 bits per heavy atom. The predicted molar refractivity (Wildman–Crippen MR) is 127 cm³/mol. The van der Waals surface area contributed by atoms with E-state index in [9.17, 15) is 10.2 Å². The molecule has 30 heavy (non-hydrogen) atoms. The van der Waals surface area contributed by atoms with Gasteiger partial charge in [0.05, 0.1) is 12.2 Å². The first-order valence-corrected chi connectivity index (χ1v) is 12.3. The lowest BCUT2D eigenvalue weighted by Gasteiger charge is -2.44. The predicted octanol–water partition coefficient (Wildman–Crippen LogP) is 6.61. The molecule has 0 bridgehead atoms. The van der Waals surface area contributed by atoms with Crippen molar-refractivity contribution in [3.63, 3.8) is 0 Å². The van der Waals surface area contributed by atoms with Gasteiger partial charge in [0, 0.05) is 0 Å². The molecule has 0 radical (unpaired) electrons. The number of hydrogen-bond donors (Lipinski definition) is 2. The van der Waals surface area contributed by atoms with Crippen molar-refractivity contribution in [1.82, 2.24) is 0 Å². The number of aliphatic hydroxyl groups is 2. The van der Waals surface area contributed by atoms with Crippen molar-refractivity contribution in [2.45, 2.75) is 91.8 Å². The van der Waals surface area contributed by atoms with Crippen LogP contribution in [0.3, 0.4) is 0 Å². The van der Waals surface area contributed by atoms with Crippen LogP contribution < -0.4 is 0 Å². The second kappa shape index (κ2) is 9.57. The second-order valence-electron chi connectivity index (χ2n) is 11.0. The Hall–Kier alpha value is -1.12. The lowest BCUT2D eigenvalue weighted by molar-refractivity contribution is 0.0437. The van der Waals surface area contributed by atoms with Crippen molar-refractivity contribution in [2.75, 3.05) is 0 Å². The van der Waals surface area contributed by atoms with Crippen LogP contribution in [-0.2, 0) is 0 Å². The summed E-state index contributed by atoms with van der Waals surface area (Å²) in [7, 11) is 0. The van der Waals surface area contributed by atoms with Crippen LogP contribution in [-0.4, -0.2) is 22.4 Å². The van der Waals surface area contributed by atoms with Gasteiger partial charge in [-0.2, -0.15) is 0 Å². The van der Waals surface area contributed by atoms with Gasteiger partial charge in [-0.25, -0.2) is 0 Å². The lowest BCUT2D eigenvalue weighted by atomic mass is 9.61. The van der Waals surface area contributed by atoms with Gasteiger partial charge in [0.2, 0.25) is 0 Å². The Morgan fingerprint density at radius 3 is 2.50 bits per heavy atom. The maximum Gasteiger partial charge on any atom is 0.0585 e. The molecule has 3 saturated carbocycles. The summed E-state index contributed by atoms with van der Waals surface area (Å²) in [4.78, 5) is 0. The highest BCUT2D eigenvalue weighted by Gasteiger charge is 2.54. The third-order valence-electron chi connectivity index (χ3n) is 8.60. The maximum atomic E-state index is 11.1. The molecule has 2 heteroatoms. The zero-order valence-electron chi connectivity index (χ0n) is 19.9. The molecule has 3 rings (SSSR count). The zero-order chi connectivity index (χ0) is 22.1. The third-order valence-corrected chi connectivity index (χ3v) is 8.60. The van der Waals surface area contributed by atoms with Crippen LogP contribution in [0.15, 0.2) is 47.6 Å². The van der Waals surface area contributed by atoms with Crippen LogP contribution in [0.5, 0.6) is 0 Å². The molecule has 0 aromatic carbocycles. The molecule has 2 N–H and O–H groups in total. The highest BCUT2D eigenvalue weighted by atomic mass is 16.3. The molecule has 3 aliphatic carbocycles. The minimum absolute atomic E-state index is 0.163. The quantitative estimate of drug-likeness (QED) is 0.499. The van der Waals surface area contributed by atoms with E-state index >= 15 is 0 Å². The molecule has 0 aliphatic heterocycles. The number of hydrogen-bond acceptors (Lipinski definition) is 2. The molecule has 0 spiro atoms. The topological polar surface area (TPSA) is 40.5 Å². The molecule has 7 atom stereocenters. The standard InChI is InChI=1S/C28H44O2/c1-18(2)19(3)9-10-21(5)27-26(30)17-25-22(8-7-15-28(25,27)6)12-13-23-16-24(29)14-11-20(23)4/h9-10,12-13,18-19,21,24-27,29-30H,4,7-8,11,14-17H2,1-3,5-6H3/b10-9+,22-12+,23-13+/t19-,21+,24-,25?,26?,27+,28+/m0/s1. The Labute approximate surface area is 184 Å². The van der Waals surface area contributed by atoms with Gasteiger partial charge in [0.15, 0.2) is 0 Å². The molecule has 168 valence electrons. The molecule has 0 aromatic rings. The molecule has 0 saturated heterocycles. The van der Waals surface area contributed by atoms with Gasteiger partial charge in [-0.15, -0.1) is 0 Å². The molecule has 3 aliphatic rings. The first kappa shape index (κ1) is 23.5. The fourth-order valence-corrected chi connectivity index (χ4v) is 6.33. The summed E-state index contributed by atoms with van der Waals surface area (Å²) in [5.41, 5.74) is 4.05. The molecular formula is C28H44O2. The Kier molecular flexibility index (Phi) is 7.51. The smallest absolute Gasteiger partial charge is 0.0585 e. The second-order valence-corrected chi connectivity index (χ2v) is 11.0. The molecule has 3 fully saturated rings. The summed E-state index contributed by atoms with van der Waals surface area (Å²) < 4.78 is 0. The zero-order valence-corrected chi connectivity index (χ0v) is 19.9. The Balaban J connectivity index is 1.80. The van der Waals surface area contributed by atoms with E-state index in [1.807, 2.05) is 0 Å². The monoisotopic (exact) mass is 412 g/mol. The van der Waals surface area contributed by atoms with Crippen molar-refractivity contribution in [2.24, 2.45) is 35.0 Å². The van der Waals surface area contributed by atoms with Crippen molar-refractivity contribution in [1.29, 1.82) is 0 Å². The van der Waals surface area contributed by atoms with Crippen molar-refractivity contribution >= 4 is 0 Å². The molecule has 2 unspecified atom stereocenters. The van der Waals surface area contributed by atoms with Crippen LogP contribution in [0, 0.1) is 35.0 Å². The summed E-state index contributed by atoms with van der Waals surface area (Å²) in [5, 5.41) is 21.2. The van der Waals surface area contributed by atoms with Gasteiger partial charge in [-0.05, 0) is 85.5 Å². The SMILES string of the molecule is C=C1CC[C@H](O)C/C1=C\C=C1/CCC[C@]2(C)C1CC(O)[C@H]2[C@H](C)/C=C/[C@H](C)C(C)C. The fourth-order valence-electron chi connectivity index (χ4n) is 6.33. The summed E-state index contributed by atoms with van der Waals surface area (Å²) >= 11 is 0. The largest absolute Gasteiger partial charge is 0.393 e. The number of fused-ring (bicyclic) bond motifs is 1. The van der Waals surface area contributed by atoms with Crippen LogP contribution >= 0.6 is 0 Å². The maximum absolute atomic E-state index is 11.1. The molecule has 2 nitrogen and oxygen atoms in total. The highest BCUT2D eigenvalue weighted by Crippen LogP contribution is 2.59. The van der Waals surface area contributed by atoms with Gasteiger partial charge in [0.1, 0.15) is 0 Å². The number of rotatable bonds is 5. The van der Waals surface area contributed by atoms with Crippen molar-refractivity contribution in [3.8, 4) is 0 Å². The third kappa shape index (κ3) is 4.86. The highest BCUT2D eigenvalue weighted by molar-refractivity contribution is 5.36.